The summed E-state index contributed by atoms with van der Waals surface area (Å²) in [6, 6.07) is 4.07. The number of carbonyl (C=O) groups is 1. The van der Waals surface area contributed by atoms with Crippen LogP contribution < -0.4 is 0 Å². The second kappa shape index (κ2) is 7.20. The minimum atomic E-state index is -0.00451. The Kier molecular flexibility index (Phi) is 5.24. The van der Waals surface area contributed by atoms with Crippen molar-refractivity contribution in [2.24, 2.45) is 0 Å². The van der Waals surface area contributed by atoms with E-state index >= 15 is 0 Å². The zero-order valence-electron chi connectivity index (χ0n) is 13.3. The number of aryl methyl sites for hydroxylation is 2. The molecule has 0 bridgehead atoms. The van der Waals surface area contributed by atoms with Crippen molar-refractivity contribution in [3.63, 3.8) is 0 Å². The van der Waals surface area contributed by atoms with Gasteiger partial charge in [-0.15, -0.1) is 11.3 Å². The Bertz CT molecular complexity index is 674. The van der Waals surface area contributed by atoms with Crippen LogP contribution in [0.25, 0.3) is 0 Å². The van der Waals surface area contributed by atoms with E-state index < -0.39 is 0 Å². The molecule has 3 heterocycles. The number of ether oxygens (including phenoxy) is 1. The normalized spacial score (nSPS) is 17.6. The quantitative estimate of drug-likeness (QED) is 0.743. The van der Waals surface area contributed by atoms with Gasteiger partial charge in [0, 0.05) is 18.0 Å². The van der Waals surface area contributed by atoms with Crippen LogP contribution in [0.1, 0.15) is 39.6 Å². The van der Waals surface area contributed by atoms with Gasteiger partial charge in [0.2, 0.25) is 0 Å². The summed E-state index contributed by atoms with van der Waals surface area (Å²) in [6.07, 6.45) is 2.21. The lowest BCUT2D eigenvalue weighted by Crippen LogP contribution is -2.37. The van der Waals surface area contributed by atoms with Gasteiger partial charge in [0.25, 0.3) is 5.91 Å². The average Bonchev–Trinajstić information content (AvgIpc) is 3.23. The van der Waals surface area contributed by atoms with E-state index in [4.69, 9.17) is 9.15 Å². The maximum absolute atomic E-state index is 13.1. The molecule has 4 nitrogen and oxygen atoms in total. The Hall–Kier alpha value is -1.11. The molecule has 1 saturated heterocycles. The van der Waals surface area contributed by atoms with Crippen LogP contribution in [0, 0.1) is 13.8 Å². The van der Waals surface area contributed by atoms with Crippen molar-refractivity contribution >= 4 is 33.2 Å². The fourth-order valence-electron chi connectivity index (χ4n) is 2.90. The van der Waals surface area contributed by atoms with E-state index in [1.165, 1.54) is 4.88 Å². The first-order valence-corrected chi connectivity index (χ1v) is 9.42. The molecule has 0 spiro atoms. The molecule has 1 unspecified atom stereocenters. The van der Waals surface area contributed by atoms with Gasteiger partial charge in [-0.2, -0.15) is 0 Å². The summed E-state index contributed by atoms with van der Waals surface area (Å²) in [5.74, 6) is 1.39. The molecule has 124 valence electrons. The monoisotopic (exact) mass is 397 g/mol. The minimum Gasteiger partial charge on any atom is -0.465 e. The molecule has 0 aliphatic carbocycles. The summed E-state index contributed by atoms with van der Waals surface area (Å²) >= 11 is 5.16. The first-order chi connectivity index (χ1) is 11.1. The Morgan fingerprint density at radius 2 is 2.26 bits per heavy atom. The summed E-state index contributed by atoms with van der Waals surface area (Å²) in [4.78, 5) is 16.1. The number of hydrogen-bond acceptors (Lipinski definition) is 4. The topological polar surface area (TPSA) is 42.7 Å². The van der Waals surface area contributed by atoms with E-state index in [1.54, 1.807) is 11.3 Å². The van der Waals surface area contributed by atoms with Gasteiger partial charge >= 0.3 is 0 Å². The molecule has 2 aromatic heterocycles. The second-order valence-corrected chi connectivity index (χ2v) is 7.63. The zero-order valence-corrected chi connectivity index (χ0v) is 15.7. The number of hydrogen-bond donors (Lipinski definition) is 0. The SMILES string of the molecule is Cc1oc(C)c(C(=O)N(Cc2cccs2)CC2CCCO2)c1Br. The number of thiophene rings is 1. The first-order valence-electron chi connectivity index (χ1n) is 7.75. The van der Waals surface area contributed by atoms with Crippen LogP contribution in [0.15, 0.2) is 26.4 Å². The molecule has 1 fully saturated rings. The fourth-order valence-corrected chi connectivity index (χ4v) is 4.15. The molecule has 0 saturated carbocycles. The van der Waals surface area contributed by atoms with Crippen molar-refractivity contribution < 1.29 is 13.9 Å². The molecule has 0 radical (unpaired) electrons. The fraction of sp³-hybridized carbons (Fsp3) is 0.471. The van der Waals surface area contributed by atoms with E-state index in [1.807, 2.05) is 30.2 Å². The van der Waals surface area contributed by atoms with Gasteiger partial charge in [-0.1, -0.05) is 6.07 Å². The average molecular weight is 398 g/mol. The van der Waals surface area contributed by atoms with Crippen LogP contribution in [0.5, 0.6) is 0 Å². The Morgan fingerprint density at radius 3 is 2.83 bits per heavy atom. The molecule has 6 heteroatoms. The Labute approximate surface area is 148 Å². The number of carbonyl (C=O) groups excluding carboxylic acids is 1. The van der Waals surface area contributed by atoms with Gasteiger partial charge in [0.15, 0.2) is 0 Å². The van der Waals surface area contributed by atoms with Gasteiger partial charge in [0.1, 0.15) is 11.5 Å². The van der Waals surface area contributed by atoms with E-state index in [-0.39, 0.29) is 12.0 Å². The Balaban J connectivity index is 1.84. The van der Waals surface area contributed by atoms with E-state index in [9.17, 15) is 4.79 Å². The predicted octanol–water partition coefficient (Wildman–Crippen LogP) is 4.54. The third kappa shape index (κ3) is 3.70. The highest BCUT2D eigenvalue weighted by Gasteiger charge is 2.28. The summed E-state index contributed by atoms with van der Waals surface area (Å²) in [7, 11) is 0. The third-order valence-corrected chi connectivity index (χ3v) is 5.88. The lowest BCUT2D eigenvalue weighted by atomic mass is 10.1. The molecule has 1 aliphatic rings. The molecule has 1 atom stereocenters. The maximum Gasteiger partial charge on any atom is 0.258 e. The van der Waals surface area contributed by atoms with Crippen molar-refractivity contribution in [2.45, 2.75) is 39.3 Å². The number of halogens is 1. The predicted molar refractivity (Wildman–Crippen MR) is 93.9 cm³/mol. The van der Waals surface area contributed by atoms with Gasteiger partial charge < -0.3 is 14.1 Å². The summed E-state index contributed by atoms with van der Waals surface area (Å²) < 4.78 is 12.1. The van der Waals surface area contributed by atoms with E-state index in [2.05, 4.69) is 22.0 Å². The van der Waals surface area contributed by atoms with Crippen LogP contribution >= 0.6 is 27.3 Å². The van der Waals surface area contributed by atoms with Gasteiger partial charge in [-0.3, -0.25) is 4.79 Å². The van der Waals surface area contributed by atoms with Crippen molar-refractivity contribution in [1.29, 1.82) is 0 Å². The van der Waals surface area contributed by atoms with Gasteiger partial charge in [-0.25, -0.2) is 0 Å². The molecule has 23 heavy (non-hydrogen) atoms. The Morgan fingerprint density at radius 1 is 1.43 bits per heavy atom. The minimum absolute atomic E-state index is 0.00451. The first kappa shape index (κ1) is 16.7. The van der Waals surface area contributed by atoms with Crippen LogP contribution in [0.2, 0.25) is 0 Å². The molecule has 0 N–H and O–H groups in total. The van der Waals surface area contributed by atoms with Crippen molar-refractivity contribution in [2.75, 3.05) is 13.2 Å². The van der Waals surface area contributed by atoms with Crippen LogP contribution in [0.3, 0.4) is 0 Å². The maximum atomic E-state index is 13.1. The van der Waals surface area contributed by atoms with Crippen molar-refractivity contribution in [3.05, 3.63) is 43.9 Å². The number of rotatable bonds is 5. The molecule has 1 amide bonds. The summed E-state index contributed by atoms with van der Waals surface area (Å²) in [5.41, 5.74) is 0.622. The summed E-state index contributed by atoms with van der Waals surface area (Å²) in [5, 5.41) is 2.03. The lowest BCUT2D eigenvalue weighted by Gasteiger charge is -2.25. The highest BCUT2D eigenvalue weighted by Crippen LogP contribution is 2.29. The van der Waals surface area contributed by atoms with Crippen LogP contribution in [-0.2, 0) is 11.3 Å². The molecular formula is C17H20BrNO3S. The highest BCUT2D eigenvalue weighted by atomic mass is 79.9. The largest absolute Gasteiger partial charge is 0.465 e. The molecule has 2 aromatic rings. The molecular weight excluding hydrogens is 378 g/mol. The third-order valence-electron chi connectivity index (χ3n) is 4.06. The van der Waals surface area contributed by atoms with Gasteiger partial charge in [0.05, 0.1) is 22.7 Å². The zero-order chi connectivity index (χ0) is 16.4. The highest BCUT2D eigenvalue weighted by molar-refractivity contribution is 9.10. The molecule has 0 aromatic carbocycles. The van der Waals surface area contributed by atoms with Gasteiger partial charge in [-0.05, 0) is 54.1 Å². The van der Waals surface area contributed by atoms with Crippen molar-refractivity contribution in [3.8, 4) is 0 Å². The van der Waals surface area contributed by atoms with Crippen LogP contribution in [0.4, 0.5) is 0 Å². The van der Waals surface area contributed by atoms with E-state index in [0.29, 0.717) is 24.4 Å². The second-order valence-electron chi connectivity index (χ2n) is 5.80. The number of amides is 1. The van der Waals surface area contributed by atoms with Crippen LogP contribution in [-0.4, -0.2) is 30.1 Å². The van der Waals surface area contributed by atoms with Crippen molar-refractivity contribution in [1.82, 2.24) is 4.90 Å². The standard InChI is InChI=1S/C17H20BrNO3S/c1-11-15(16(18)12(2)22-11)17(20)19(9-13-5-3-7-21-13)10-14-6-4-8-23-14/h4,6,8,13H,3,5,7,9-10H2,1-2H3. The molecule has 1 aliphatic heterocycles. The smallest absolute Gasteiger partial charge is 0.258 e. The number of furan rings is 1. The summed E-state index contributed by atoms with van der Waals surface area (Å²) in [6.45, 7) is 5.70. The molecule has 3 rings (SSSR count). The lowest BCUT2D eigenvalue weighted by molar-refractivity contribution is 0.0507. The number of nitrogens with zero attached hydrogens (tertiary/aromatic N) is 1. The van der Waals surface area contributed by atoms with E-state index in [0.717, 1.165) is 29.7 Å².